The Bertz CT molecular complexity index is 3150. The molecule has 0 saturated heterocycles. The highest BCUT2D eigenvalue weighted by Crippen LogP contribution is 2.40. The highest BCUT2D eigenvalue weighted by atomic mass is 16.5. The van der Waals surface area contributed by atoms with Crippen LogP contribution in [-0.4, -0.2) is 0 Å². The van der Waals surface area contributed by atoms with Crippen LogP contribution in [0.1, 0.15) is 37.3 Å². The molecule has 7 aromatic carbocycles. The Morgan fingerprint density at radius 1 is 0.672 bits per heavy atom. The van der Waals surface area contributed by atoms with Crippen LogP contribution in [0.2, 0.25) is 0 Å². The van der Waals surface area contributed by atoms with E-state index in [0.29, 0.717) is 0 Å². The Labute approximate surface area is 358 Å². The molecule has 1 aliphatic rings. The number of benzene rings is 7. The van der Waals surface area contributed by atoms with Crippen molar-refractivity contribution in [3.8, 4) is 16.9 Å². The van der Waals surface area contributed by atoms with Gasteiger partial charge in [-0.25, -0.2) is 0 Å². The van der Waals surface area contributed by atoms with Gasteiger partial charge in [-0.1, -0.05) is 166 Å². The van der Waals surface area contributed by atoms with Crippen LogP contribution in [0.25, 0.3) is 60.2 Å². The number of nitrogens with zero attached hydrogens (tertiary/aromatic N) is 1. The van der Waals surface area contributed by atoms with Gasteiger partial charge in [0.05, 0.1) is 5.69 Å². The first-order valence-electron chi connectivity index (χ1n) is 20.9. The molecular weight excluding hydrogens is 743 g/mol. The quantitative estimate of drug-likeness (QED) is 0.122. The van der Waals surface area contributed by atoms with Crippen molar-refractivity contribution in [1.29, 1.82) is 0 Å². The summed E-state index contributed by atoms with van der Waals surface area (Å²) in [6.07, 6.45) is 23.4. The van der Waals surface area contributed by atoms with Crippen molar-refractivity contribution in [3.63, 3.8) is 0 Å². The number of hydrogen-bond donors (Lipinski definition) is 0. The summed E-state index contributed by atoms with van der Waals surface area (Å²) in [5, 5.41) is 7.00. The second-order valence-electron chi connectivity index (χ2n) is 15.4. The zero-order chi connectivity index (χ0) is 41.7. The van der Waals surface area contributed by atoms with Gasteiger partial charge in [-0.2, -0.15) is 0 Å². The fourth-order valence-electron chi connectivity index (χ4n) is 8.37. The summed E-state index contributed by atoms with van der Waals surface area (Å²) in [5.74, 6) is 2.00. The molecule has 0 fully saturated rings. The molecule has 296 valence electrons. The van der Waals surface area contributed by atoms with E-state index in [0.717, 1.165) is 78.7 Å². The minimum atomic E-state index is 0.229. The third-order valence-corrected chi connectivity index (χ3v) is 11.5. The molecule has 1 aliphatic heterocycles. The molecule has 61 heavy (non-hydrogen) atoms. The Morgan fingerprint density at radius 3 is 2.25 bits per heavy atom. The third-order valence-electron chi connectivity index (χ3n) is 11.5. The molecule has 8 aromatic rings. The zero-order valence-corrected chi connectivity index (χ0v) is 34.6. The van der Waals surface area contributed by atoms with Crippen molar-refractivity contribution in [2.24, 2.45) is 0 Å². The summed E-state index contributed by atoms with van der Waals surface area (Å²) in [7, 11) is 0. The molecule has 0 bridgehead atoms. The largest absolute Gasteiger partial charge is 0.461 e. The summed E-state index contributed by atoms with van der Waals surface area (Å²) in [4.78, 5) is 2.28. The van der Waals surface area contributed by atoms with E-state index in [1.54, 1.807) is 6.08 Å². The average molecular weight is 790 g/mol. The maximum absolute atomic E-state index is 6.48. The van der Waals surface area contributed by atoms with Gasteiger partial charge < -0.3 is 14.1 Å². The van der Waals surface area contributed by atoms with Gasteiger partial charge in [0.25, 0.3) is 0 Å². The highest BCUT2D eigenvalue weighted by molar-refractivity contribution is 6.19. The standard InChI is InChI=1S/C58H47NO2/c1-5-7-8-9-10-17-42(16-6-2)36-37-59(48-30-25-43(26-31-48)50-32-24-40(3)49-19-11-13-22-55(49)60-41(50)4)54-21-15-18-46-38-44(27-33-51(46)54)45-28-34-52-47(39-45)29-35-57-58(52)53-20-12-14-23-56(53)61-57/h5-16,18-40H,1-2,17H2,3-4H3/b8-7-,10-9-,32-24-,37-36-,42-16-,50-41-. The number of hydrogen-bond acceptors (Lipinski definition) is 3. The Morgan fingerprint density at radius 2 is 1.43 bits per heavy atom. The molecule has 2 heterocycles. The fraction of sp³-hybridized carbons (Fsp3) is 0.0690. The van der Waals surface area contributed by atoms with Crippen LogP contribution < -0.4 is 9.64 Å². The molecule has 3 heteroatoms. The number of rotatable bonds is 11. The second-order valence-corrected chi connectivity index (χ2v) is 15.4. The second kappa shape index (κ2) is 17.3. The van der Waals surface area contributed by atoms with Gasteiger partial charge in [0.1, 0.15) is 22.7 Å². The van der Waals surface area contributed by atoms with E-state index in [9.17, 15) is 0 Å². The van der Waals surface area contributed by atoms with E-state index in [1.165, 1.54) is 27.5 Å². The highest BCUT2D eigenvalue weighted by Gasteiger charge is 2.17. The Kier molecular flexibility index (Phi) is 11.0. The summed E-state index contributed by atoms with van der Waals surface area (Å²) >= 11 is 0. The molecule has 0 N–H and O–H groups in total. The molecule has 0 spiro atoms. The van der Waals surface area contributed by atoms with Crippen LogP contribution >= 0.6 is 0 Å². The van der Waals surface area contributed by atoms with Crippen LogP contribution in [0.5, 0.6) is 5.75 Å². The number of para-hydroxylation sites is 2. The molecule has 9 rings (SSSR count). The van der Waals surface area contributed by atoms with Crippen LogP contribution in [0.4, 0.5) is 11.4 Å². The fourth-order valence-corrected chi connectivity index (χ4v) is 8.37. The Balaban J connectivity index is 1.09. The normalized spacial score (nSPS) is 16.4. The van der Waals surface area contributed by atoms with Crippen LogP contribution in [0.15, 0.2) is 235 Å². The molecule has 0 amide bonds. The molecule has 0 radical (unpaired) electrons. The van der Waals surface area contributed by atoms with E-state index in [4.69, 9.17) is 9.15 Å². The van der Waals surface area contributed by atoms with E-state index in [2.05, 4.69) is 183 Å². The SMILES string of the molecule is C=C/C=C\C=C/CC(/C=C\N(c1ccc(C2=C(/C)Oc3ccccc3C(C)/C=C\2)cc1)c1cccc2cc(-c3ccc4c(ccc5oc6ccccc6c54)c3)ccc12)=C/C=C. The summed E-state index contributed by atoms with van der Waals surface area (Å²) in [5.41, 5.74) is 10.8. The van der Waals surface area contributed by atoms with Gasteiger partial charge in [0.15, 0.2) is 0 Å². The lowest BCUT2D eigenvalue weighted by Crippen LogP contribution is -2.09. The predicted octanol–water partition coefficient (Wildman–Crippen LogP) is 16.5. The lowest BCUT2D eigenvalue weighted by molar-refractivity contribution is 0.423. The van der Waals surface area contributed by atoms with Crippen molar-refractivity contribution in [2.45, 2.75) is 26.2 Å². The Hall–Kier alpha value is -7.62. The predicted molar refractivity (Wildman–Crippen MR) is 260 cm³/mol. The van der Waals surface area contributed by atoms with Crippen molar-refractivity contribution in [2.75, 3.05) is 4.90 Å². The minimum Gasteiger partial charge on any atom is -0.461 e. The van der Waals surface area contributed by atoms with E-state index in [-0.39, 0.29) is 5.92 Å². The van der Waals surface area contributed by atoms with E-state index in [1.807, 2.05) is 49.4 Å². The lowest BCUT2D eigenvalue weighted by Gasteiger charge is -2.24. The van der Waals surface area contributed by atoms with Gasteiger partial charge in [0.2, 0.25) is 0 Å². The minimum absolute atomic E-state index is 0.229. The third kappa shape index (κ3) is 7.94. The van der Waals surface area contributed by atoms with Crippen LogP contribution in [0.3, 0.4) is 0 Å². The van der Waals surface area contributed by atoms with Gasteiger partial charge in [-0.05, 0) is 106 Å². The summed E-state index contributed by atoms with van der Waals surface area (Å²) in [6, 6.07) is 49.7. The summed E-state index contributed by atoms with van der Waals surface area (Å²) in [6.45, 7) is 12.0. The monoisotopic (exact) mass is 789 g/mol. The lowest BCUT2D eigenvalue weighted by atomic mass is 9.95. The molecule has 3 nitrogen and oxygen atoms in total. The van der Waals surface area contributed by atoms with Gasteiger partial charge in [-0.15, -0.1) is 0 Å². The number of furan rings is 1. The number of allylic oxidation sites excluding steroid dienone is 13. The smallest absolute Gasteiger partial charge is 0.136 e. The zero-order valence-electron chi connectivity index (χ0n) is 34.6. The van der Waals surface area contributed by atoms with Crippen molar-refractivity contribution < 1.29 is 9.15 Å². The molecule has 1 aromatic heterocycles. The van der Waals surface area contributed by atoms with Crippen LogP contribution in [-0.2, 0) is 0 Å². The van der Waals surface area contributed by atoms with Gasteiger partial charge in [0, 0.05) is 45.1 Å². The first-order chi connectivity index (χ1) is 30.0. The van der Waals surface area contributed by atoms with Crippen molar-refractivity contribution in [3.05, 3.63) is 242 Å². The number of anilines is 2. The van der Waals surface area contributed by atoms with Crippen molar-refractivity contribution >= 4 is 60.4 Å². The van der Waals surface area contributed by atoms with Crippen molar-refractivity contribution in [1.82, 2.24) is 0 Å². The van der Waals surface area contributed by atoms with E-state index >= 15 is 0 Å². The van der Waals surface area contributed by atoms with Gasteiger partial charge >= 0.3 is 0 Å². The number of ether oxygens (including phenoxy) is 1. The maximum atomic E-state index is 6.48. The van der Waals surface area contributed by atoms with Crippen LogP contribution in [0, 0.1) is 0 Å². The van der Waals surface area contributed by atoms with Gasteiger partial charge in [-0.3, -0.25) is 0 Å². The molecular formula is C58H47NO2. The first kappa shape index (κ1) is 38.9. The molecule has 1 atom stereocenters. The van der Waals surface area contributed by atoms with E-state index < -0.39 is 0 Å². The molecule has 1 unspecified atom stereocenters. The maximum Gasteiger partial charge on any atom is 0.136 e. The first-order valence-corrected chi connectivity index (χ1v) is 20.9. The average Bonchev–Trinajstić information content (AvgIpc) is 3.68. The molecule has 0 saturated carbocycles. The molecule has 0 aliphatic carbocycles. The number of fused-ring (bicyclic) bond motifs is 7. The topological polar surface area (TPSA) is 25.6 Å². The summed E-state index contributed by atoms with van der Waals surface area (Å²) < 4.78 is 12.7.